The zero-order valence-electron chi connectivity index (χ0n) is 12.1. The molecule has 0 fully saturated rings. The molecule has 1 heterocycles. The molecule has 1 atom stereocenters. The van der Waals surface area contributed by atoms with Crippen LogP contribution in [0.3, 0.4) is 0 Å². The molecule has 0 amide bonds. The van der Waals surface area contributed by atoms with Gasteiger partial charge in [-0.05, 0) is 23.3 Å². The molecule has 0 spiro atoms. The van der Waals surface area contributed by atoms with E-state index in [4.69, 9.17) is 11.6 Å². The fourth-order valence-electron chi connectivity index (χ4n) is 2.63. The SMILES string of the molecule is OC(Cc1ccccc1)(Cn1ccnc1)c1ccc(Cl)cc1. The molecule has 22 heavy (non-hydrogen) atoms. The van der Waals surface area contributed by atoms with Crippen LogP contribution in [0.1, 0.15) is 11.1 Å². The lowest BCUT2D eigenvalue weighted by molar-refractivity contribution is 0.0185. The van der Waals surface area contributed by atoms with Gasteiger partial charge in [-0.1, -0.05) is 54.1 Å². The third-order valence-electron chi connectivity index (χ3n) is 3.72. The van der Waals surface area contributed by atoms with Crippen molar-refractivity contribution in [3.05, 3.63) is 89.5 Å². The normalized spacial score (nSPS) is 13.7. The van der Waals surface area contributed by atoms with Crippen LogP contribution in [0.2, 0.25) is 5.02 Å². The Hall–Kier alpha value is -2.10. The number of imidazole rings is 1. The summed E-state index contributed by atoms with van der Waals surface area (Å²) in [5, 5.41) is 12.0. The van der Waals surface area contributed by atoms with Crippen LogP contribution in [0, 0.1) is 0 Å². The number of hydrogen-bond donors (Lipinski definition) is 1. The first-order chi connectivity index (χ1) is 10.7. The maximum atomic E-state index is 11.3. The number of aromatic nitrogens is 2. The van der Waals surface area contributed by atoms with Gasteiger partial charge in [0.2, 0.25) is 0 Å². The summed E-state index contributed by atoms with van der Waals surface area (Å²) in [7, 11) is 0. The molecule has 3 rings (SSSR count). The lowest BCUT2D eigenvalue weighted by atomic mass is 9.87. The van der Waals surface area contributed by atoms with E-state index in [0.29, 0.717) is 18.0 Å². The van der Waals surface area contributed by atoms with Crippen molar-refractivity contribution >= 4 is 11.6 Å². The van der Waals surface area contributed by atoms with Gasteiger partial charge in [0.15, 0.2) is 0 Å². The molecule has 0 aliphatic rings. The summed E-state index contributed by atoms with van der Waals surface area (Å²) in [5.74, 6) is 0. The average molecular weight is 313 g/mol. The largest absolute Gasteiger partial charge is 0.383 e. The van der Waals surface area contributed by atoms with Crippen LogP contribution in [0.4, 0.5) is 0 Å². The van der Waals surface area contributed by atoms with E-state index in [0.717, 1.165) is 11.1 Å². The van der Waals surface area contributed by atoms with Crippen LogP contribution in [0.5, 0.6) is 0 Å². The average Bonchev–Trinajstić information content (AvgIpc) is 3.01. The molecular formula is C18H17ClN2O. The summed E-state index contributed by atoms with van der Waals surface area (Å²) in [5.41, 5.74) is 0.904. The highest BCUT2D eigenvalue weighted by molar-refractivity contribution is 6.30. The third kappa shape index (κ3) is 3.38. The van der Waals surface area contributed by atoms with Gasteiger partial charge in [-0.25, -0.2) is 4.98 Å². The molecule has 0 saturated carbocycles. The van der Waals surface area contributed by atoms with Crippen molar-refractivity contribution in [3.63, 3.8) is 0 Å². The molecule has 3 aromatic rings. The minimum absolute atomic E-state index is 0.434. The Morgan fingerprint density at radius 2 is 1.77 bits per heavy atom. The Morgan fingerprint density at radius 3 is 2.41 bits per heavy atom. The second-order valence-corrected chi connectivity index (χ2v) is 5.87. The van der Waals surface area contributed by atoms with Crippen molar-refractivity contribution in [1.82, 2.24) is 9.55 Å². The predicted molar refractivity (Wildman–Crippen MR) is 87.7 cm³/mol. The maximum absolute atomic E-state index is 11.3. The van der Waals surface area contributed by atoms with Crippen LogP contribution in [0.15, 0.2) is 73.3 Å². The first-order valence-corrected chi connectivity index (χ1v) is 7.52. The summed E-state index contributed by atoms with van der Waals surface area (Å²) in [6.45, 7) is 0.434. The Balaban J connectivity index is 1.95. The highest BCUT2D eigenvalue weighted by atomic mass is 35.5. The molecule has 0 bridgehead atoms. The number of nitrogens with zero attached hydrogens (tertiary/aromatic N) is 2. The number of benzene rings is 2. The van der Waals surface area contributed by atoms with Crippen molar-refractivity contribution < 1.29 is 5.11 Å². The Kier molecular flexibility index (Phi) is 4.27. The van der Waals surface area contributed by atoms with E-state index in [-0.39, 0.29) is 0 Å². The standard InChI is InChI=1S/C18H17ClN2O/c19-17-8-6-16(7-9-17)18(22,13-21-11-10-20-14-21)12-15-4-2-1-3-5-15/h1-11,14,22H,12-13H2. The minimum atomic E-state index is -1.02. The molecule has 3 nitrogen and oxygen atoms in total. The van der Waals surface area contributed by atoms with Gasteiger partial charge >= 0.3 is 0 Å². The Labute approximate surface area is 134 Å². The van der Waals surface area contributed by atoms with Crippen molar-refractivity contribution in [2.75, 3.05) is 0 Å². The first kappa shape index (κ1) is 14.8. The fourth-order valence-corrected chi connectivity index (χ4v) is 2.75. The smallest absolute Gasteiger partial charge is 0.111 e. The first-order valence-electron chi connectivity index (χ1n) is 7.14. The van der Waals surface area contributed by atoms with Crippen molar-refractivity contribution in [3.8, 4) is 0 Å². The van der Waals surface area contributed by atoms with Gasteiger partial charge in [0.05, 0.1) is 12.9 Å². The molecule has 1 N–H and O–H groups in total. The van der Waals surface area contributed by atoms with Gasteiger partial charge in [-0.3, -0.25) is 0 Å². The molecule has 0 radical (unpaired) electrons. The molecular weight excluding hydrogens is 296 g/mol. The summed E-state index contributed by atoms with van der Waals surface area (Å²) in [6, 6.07) is 17.3. The third-order valence-corrected chi connectivity index (χ3v) is 3.98. The van der Waals surface area contributed by atoms with E-state index in [9.17, 15) is 5.11 Å². The number of hydrogen-bond acceptors (Lipinski definition) is 2. The maximum Gasteiger partial charge on any atom is 0.111 e. The summed E-state index contributed by atoms with van der Waals surface area (Å²) < 4.78 is 1.89. The zero-order chi connectivity index (χ0) is 15.4. The lowest BCUT2D eigenvalue weighted by Crippen LogP contribution is -2.33. The molecule has 0 aliphatic heterocycles. The van der Waals surface area contributed by atoms with E-state index in [2.05, 4.69) is 4.98 Å². The van der Waals surface area contributed by atoms with Gasteiger partial charge in [0.25, 0.3) is 0 Å². The van der Waals surface area contributed by atoms with Crippen LogP contribution in [-0.2, 0) is 18.6 Å². The van der Waals surface area contributed by atoms with E-state index in [1.165, 1.54) is 0 Å². The van der Waals surface area contributed by atoms with Crippen LogP contribution in [-0.4, -0.2) is 14.7 Å². The fraction of sp³-hybridized carbons (Fsp3) is 0.167. The molecule has 0 saturated heterocycles. The molecule has 0 aliphatic carbocycles. The molecule has 1 unspecified atom stereocenters. The number of aliphatic hydroxyl groups is 1. The van der Waals surface area contributed by atoms with Gasteiger partial charge in [0, 0.05) is 23.8 Å². The Bertz CT molecular complexity index is 711. The summed E-state index contributed by atoms with van der Waals surface area (Å²) >= 11 is 5.97. The number of halogens is 1. The zero-order valence-corrected chi connectivity index (χ0v) is 12.8. The van der Waals surface area contributed by atoms with Crippen molar-refractivity contribution in [1.29, 1.82) is 0 Å². The summed E-state index contributed by atoms with van der Waals surface area (Å²) in [6.07, 6.45) is 5.80. The van der Waals surface area contributed by atoms with E-state index in [1.54, 1.807) is 24.7 Å². The summed E-state index contributed by atoms with van der Waals surface area (Å²) in [4.78, 5) is 4.05. The van der Waals surface area contributed by atoms with Crippen molar-refractivity contribution in [2.24, 2.45) is 0 Å². The van der Waals surface area contributed by atoms with Gasteiger partial charge in [0.1, 0.15) is 5.60 Å². The van der Waals surface area contributed by atoms with E-state index in [1.807, 2.05) is 53.2 Å². The topological polar surface area (TPSA) is 38.0 Å². The van der Waals surface area contributed by atoms with E-state index < -0.39 is 5.60 Å². The monoisotopic (exact) mass is 312 g/mol. The van der Waals surface area contributed by atoms with Crippen LogP contribution in [0.25, 0.3) is 0 Å². The van der Waals surface area contributed by atoms with Crippen LogP contribution < -0.4 is 0 Å². The second kappa shape index (κ2) is 6.34. The molecule has 2 aromatic carbocycles. The van der Waals surface area contributed by atoms with Gasteiger partial charge in [-0.2, -0.15) is 0 Å². The van der Waals surface area contributed by atoms with Gasteiger partial charge in [-0.15, -0.1) is 0 Å². The number of rotatable bonds is 5. The molecule has 1 aromatic heterocycles. The quantitative estimate of drug-likeness (QED) is 0.780. The molecule has 112 valence electrons. The Morgan fingerprint density at radius 1 is 1.05 bits per heavy atom. The highest BCUT2D eigenvalue weighted by Gasteiger charge is 2.30. The van der Waals surface area contributed by atoms with Crippen LogP contribution >= 0.6 is 11.6 Å². The molecule has 4 heteroatoms. The minimum Gasteiger partial charge on any atom is -0.383 e. The lowest BCUT2D eigenvalue weighted by Gasteiger charge is -2.29. The predicted octanol–water partition coefficient (Wildman–Crippen LogP) is 3.67. The van der Waals surface area contributed by atoms with E-state index >= 15 is 0 Å². The van der Waals surface area contributed by atoms with Gasteiger partial charge < -0.3 is 9.67 Å². The van der Waals surface area contributed by atoms with Crippen molar-refractivity contribution in [2.45, 2.75) is 18.6 Å². The highest BCUT2D eigenvalue weighted by Crippen LogP contribution is 2.29. The second-order valence-electron chi connectivity index (χ2n) is 5.44.